The van der Waals surface area contributed by atoms with E-state index in [2.05, 4.69) is 21.7 Å². The van der Waals surface area contributed by atoms with E-state index in [1.807, 2.05) is 11.0 Å². The van der Waals surface area contributed by atoms with Crippen LogP contribution in [0.3, 0.4) is 0 Å². The maximum Gasteiger partial charge on any atom is 0.234 e. The molecule has 1 saturated heterocycles. The number of pyridine rings is 1. The predicted molar refractivity (Wildman–Crippen MR) is 80.7 cm³/mol. The zero-order valence-corrected chi connectivity index (χ0v) is 12.2. The van der Waals surface area contributed by atoms with Crippen molar-refractivity contribution in [2.75, 3.05) is 31.5 Å². The molecule has 0 unspecified atom stereocenters. The van der Waals surface area contributed by atoms with Gasteiger partial charge in [0.15, 0.2) is 0 Å². The predicted octanol–water partition coefficient (Wildman–Crippen LogP) is 0.469. The fourth-order valence-electron chi connectivity index (χ4n) is 2.36. The smallest absolute Gasteiger partial charge is 0.234 e. The highest BCUT2D eigenvalue weighted by molar-refractivity contribution is 5.78. The average molecular weight is 298 g/mol. The summed E-state index contributed by atoms with van der Waals surface area (Å²) in [4.78, 5) is 17.8. The molecule has 1 amide bonds. The highest BCUT2D eigenvalue weighted by Gasteiger charge is 2.25. The maximum atomic E-state index is 11.8. The summed E-state index contributed by atoms with van der Waals surface area (Å²) >= 11 is 0. The van der Waals surface area contributed by atoms with Gasteiger partial charge in [0.2, 0.25) is 5.91 Å². The molecule has 2 N–H and O–H groups in total. The maximum absolute atomic E-state index is 11.8. The van der Waals surface area contributed by atoms with Crippen LogP contribution in [0, 0.1) is 22.7 Å². The fourth-order valence-corrected chi connectivity index (χ4v) is 2.36. The molecule has 22 heavy (non-hydrogen) atoms. The number of aromatic nitrogens is 1. The summed E-state index contributed by atoms with van der Waals surface area (Å²) in [5, 5.41) is 23.5. The highest BCUT2D eigenvalue weighted by Crippen LogP contribution is 2.15. The van der Waals surface area contributed by atoms with Crippen LogP contribution in [0.4, 0.5) is 5.82 Å². The summed E-state index contributed by atoms with van der Waals surface area (Å²) in [6.45, 7) is 2.10. The number of likely N-dealkylation sites (tertiary alicyclic amines) is 1. The molecule has 1 fully saturated rings. The van der Waals surface area contributed by atoms with Gasteiger partial charge in [0.05, 0.1) is 24.2 Å². The number of amides is 1. The Labute approximate surface area is 129 Å². The normalized spacial score (nSPS) is 17.5. The van der Waals surface area contributed by atoms with Gasteiger partial charge in [-0.2, -0.15) is 10.5 Å². The molecule has 0 radical (unpaired) electrons. The number of nitrogens with zero attached hydrogens (tertiary/aromatic N) is 4. The number of rotatable bonds is 6. The van der Waals surface area contributed by atoms with Crippen LogP contribution in [0.15, 0.2) is 18.3 Å². The standard InChI is InChI=1S/C15H18N6O/c16-8-12-3-4-14(20-10-12)18-5-6-19-15(22)11-21-7-1-2-13(21)9-17/h3-4,10,13H,1-2,5-7,11H2,(H,18,20)(H,19,22)/t13-/m0/s1. The molecule has 0 bridgehead atoms. The first-order chi connectivity index (χ1) is 10.7. The van der Waals surface area contributed by atoms with Crippen molar-refractivity contribution in [3.63, 3.8) is 0 Å². The molecule has 2 heterocycles. The molecule has 7 nitrogen and oxygen atoms in total. The number of carbonyl (C=O) groups excluding carboxylic acids is 1. The van der Waals surface area contributed by atoms with Crippen molar-refractivity contribution >= 4 is 11.7 Å². The lowest BCUT2D eigenvalue weighted by atomic mass is 10.2. The van der Waals surface area contributed by atoms with Crippen LogP contribution in [0.1, 0.15) is 18.4 Å². The monoisotopic (exact) mass is 298 g/mol. The first-order valence-electron chi connectivity index (χ1n) is 7.23. The Bertz CT molecular complexity index is 586. The average Bonchev–Trinajstić information content (AvgIpc) is 2.99. The van der Waals surface area contributed by atoms with Crippen molar-refractivity contribution in [2.24, 2.45) is 0 Å². The molecule has 2 rings (SSSR count). The van der Waals surface area contributed by atoms with Crippen LogP contribution in [-0.4, -0.2) is 48.0 Å². The Balaban J connectivity index is 1.65. The molecule has 1 aromatic rings. The van der Waals surface area contributed by atoms with E-state index < -0.39 is 0 Å². The summed E-state index contributed by atoms with van der Waals surface area (Å²) in [7, 11) is 0. The van der Waals surface area contributed by atoms with Crippen LogP contribution in [0.25, 0.3) is 0 Å². The van der Waals surface area contributed by atoms with Crippen LogP contribution in [0.2, 0.25) is 0 Å². The summed E-state index contributed by atoms with van der Waals surface area (Å²) < 4.78 is 0. The Morgan fingerprint density at radius 3 is 2.95 bits per heavy atom. The minimum atomic E-state index is -0.133. The van der Waals surface area contributed by atoms with Crippen molar-refractivity contribution in [1.29, 1.82) is 10.5 Å². The lowest BCUT2D eigenvalue weighted by molar-refractivity contribution is -0.122. The Kier molecular flexibility index (Phi) is 5.70. The topological polar surface area (TPSA) is 105 Å². The molecule has 0 aliphatic carbocycles. The lowest BCUT2D eigenvalue weighted by Gasteiger charge is -2.18. The van der Waals surface area contributed by atoms with Crippen molar-refractivity contribution in [3.8, 4) is 12.1 Å². The third-order valence-electron chi connectivity index (χ3n) is 3.51. The molecule has 1 aliphatic heterocycles. The zero-order valence-electron chi connectivity index (χ0n) is 12.2. The second-order valence-corrected chi connectivity index (χ2v) is 5.08. The molecule has 114 valence electrons. The quantitative estimate of drug-likeness (QED) is 0.740. The van der Waals surface area contributed by atoms with Gasteiger partial charge in [-0.3, -0.25) is 9.69 Å². The summed E-state index contributed by atoms with van der Waals surface area (Å²) in [5.74, 6) is 0.592. The van der Waals surface area contributed by atoms with Crippen molar-refractivity contribution in [1.82, 2.24) is 15.2 Å². The van der Waals surface area contributed by atoms with Gasteiger partial charge < -0.3 is 10.6 Å². The minimum absolute atomic E-state index is 0.0725. The first-order valence-corrected chi connectivity index (χ1v) is 7.23. The largest absolute Gasteiger partial charge is 0.368 e. The van der Waals surface area contributed by atoms with Gasteiger partial charge in [-0.05, 0) is 25.0 Å². The van der Waals surface area contributed by atoms with Crippen LogP contribution >= 0.6 is 0 Å². The molecule has 0 aromatic carbocycles. The first kappa shape index (κ1) is 15.7. The molecule has 1 aromatic heterocycles. The van der Waals surface area contributed by atoms with Crippen LogP contribution < -0.4 is 10.6 Å². The van der Waals surface area contributed by atoms with E-state index in [4.69, 9.17) is 10.5 Å². The number of anilines is 1. The van der Waals surface area contributed by atoms with Crippen molar-refractivity contribution < 1.29 is 4.79 Å². The number of carbonyl (C=O) groups is 1. The van der Waals surface area contributed by atoms with E-state index in [0.29, 0.717) is 24.5 Å². The third kappa shape index (κ3) is 4.44. The van der Waals surface area contributed by atoms with Gasteiger partial charge in [0.1, 0.15) is 11.9 Å². The van der Waals surface area contributed by atoms with Crippen LogP contribution in [-0.2, 0) is 4.79 Å². The van der Waals surface area contributed by atoms with E-state index in [9.17, 15) is 4.79 Å². The van der Waals surface area contributed by atoms with Gasteiger partial charge in [-0.1, -0.05) is 0 Å². The summed E-state index contributed by atoms with van der Waals surface area (Å²) in [6.07, 6.45) is 3.31. The summed E-state index contributed by atoms with van der Waals surface area (Å²) in [5.41, 5.74) is 0.511. The van der Waals surface area contributed by atoms with Gasteiger partial charge >= 0.3 is 0 Å². The van der Waals surface area contributed by atoms with Gasteiger partial charge in [-0.25, -0.2) is 4.98 Å². The lowest BCUT2D eigenvalue weighted by Crippen LogP contribution is -2.40. The van der Waals surface area contributed by atoms with E-state index in [1.165, 1.54) is 6.20 Å². The van der Waals surface area contributed by atoms with E-state index in [1.54, 1.807) is 12.1 Å². The fraction of sp³-hybridized carbons (Fsp3) is 0.467. The Morgan fingerprint density at radius 2 is 2.27 bits per heavy atom. The molecule has 7 heteroatoms. The third-order valence-corrected chi connectivity index (χ3v) is 3.51. The van der Waals surface area contributed by atoms with Gasteiger partial charge in [0, 0.05) is 25.8 Å². The van der Waals surface area contributed by atoms with Crippen molar-refractivity contribution in [2.45, 2.75) is 18.9 Å². The second kappa shape index (κ2) is 7.96. The SMILES string of the molecule is N#Cc1ccc(NCCNC(=O)CN2CCC[C@H]2C#N)nc1. The highest BCUT2D eigenvalue weighted by atomic mass is 16.2. The Hall–Kier alpha value is -2.64. The molecule has 1 atom stereocenters. The van der Waals surface area contributed by atoms with Gasteiger partial charge in [-0.15, -0.1) is 0 Å². The Morgan fingerprint density at radius 1 is 1.41 bits per heavy atom. The van der Waals surface area contributed by atoms with Gasteiger partial charge in [0.25, 0.3) is 0 Å². The molecular weight excluding hydrogens is 280 g/mol. The summed E-state index contributed by atoms with van der Waals surface area (Å²) in [6, 6.07) is 7.50. The molecule has 0 saturated carbocycles. The van der Waals surface area contributed by atoms with Crippen molar-refractivity contribution in [3.05, 3.63) is 23.9 Å². The molecule has 0 spiro atoms. The second-order valence-electron chi connectivity index (χ2n) is 5.08. The zero-order chi connectivity index (χ0) is 15.8. The minimum Gasteiger partial charge on any atom is -0.368 e. The van der Waals surface area contributed by atoms with E-state index in [0.717, 1.165) is 19.4 Å². The van der Waals surface area contributed by atoms with E-state index >= 15 is 0 Å². The number of hydrogen-bond donors (Lipinski definition) is 2. The van der Waals surface area contributed by atoms with Crippen LogP contribution in [0.5, 0.6) is 0 Å². The molecule has 1 aliphatic rings. The number of nitriles is 2. The van der Waals surface area contributed by atoms with E-state index in [-0.39, 0.29) is 18.5 Å². The number of nitrogens with one attached hydrogen (secondary N) is 2. The molecular formula is C15H18N6O. The number of hydrogen-bond acceptors (Lipinski definition) is 6.